The number of nitrogens with zero attached hydrogens (tertiary/aromatic N) is 2. The molecule has 4 rings (SSSR count). The van der Waals surface area contributed by atoms with Crippen molar-refractivity contribution in [2.45, 2.75) is 20.3 Å². The molecule has 32 heavy (non-hydrogen) atoms. The number of aromatic nitrogens is 1. The number of aromatic carboxylic acids is 1. The van der Waals surface area contributed by atoms with Crippen LogP contribution in [0.2, 0.25) is 0 Å². The molecule has 0 radical (unpaired) electrons. The summed E-state index contributed by atoms with van der Waals surface area (Å²) in [6, 6.07) is 4.23. The van der Waals surface area contributed by atoms with Crippen molar-refractivity contribution in [1.82, 2.24) is 4.57 Å². The van der Waals surface area contributed by atoms with Crippen molar-refractivity contribution in [3.8, 4) is 5.69 Å². The van der Waals surface area contributed by atoms with E-state index < -0.39 is 34.4 Å². The van der Waals surface area contributed by atoms with Crippen LogP contribution in [-0.4, -0.2) is 35.3 Å². The molecule has 0 saturated carbocycles. The van der Waals surface area contributed by atoms with Crippen LogP contribution >= 0.6 is 0 Å². The molecule has 1 fully saturated rings. The minimum Gasteiger partial charge on any atom is -0.477 e. The number of benzene rings is 2. The zero-order valence-corrected chi connectivity index (χ0v) is 17.6. The number of carbonyl (C=O) groups is 1. The maximum Gasteiger partial charge on any atom is 0.341 e. The first-order valence-electron chi connectivity index (χ1n) is 10.1. The smallest absolute Gasteiger partial charge is 0.341 e. The van der Waals surface area contributed by atoms with Gasteiger partial charge in [-0.15, -0.1) is 0 Å². The number of anilines is 1. The summed E-state index contributed by atoms with van der Waals surface area (Å²) in [6.45, 7) is 4.84. The Labute approximate surface area is 181 Å². The van der Waals surface area contributed by atoms with Gasteiger partial charge in [-0.25, -0.2) is 18.0 Å². The normalized spacial score (nSPS) is 18.5. The summed E-state index contributed by atoms with van der Waals surface area (Å²) >= 11 is 0. The van der Waals surface area contributed by atoms with E-state index in [1.807, 2.05) is 11.8 Å². The zero-order valence-electron chi connectivity index (χ0n) is 17.6. The van der Waals surface area contributed by atoms with Gasteiger partial charge in [-0.2, -0.15) is 0 Å². The summed E-state index contributed by atoms with van der Waals surface area (Å²) in [7, 11) is 0. The number of aryl methyl sites for hydroxylation is 1. The van der Waals surface area contributed by atoms with Gasteiger partial charge in [-0.05, 0) is 43.5 Å². The van der Waals surface area contributed by atoms with Gasteiger partial charge < -0.3 is 20.3 Å². The van der Waals surface area contributed by atoms with Gasteiger partial charge in [0.1, 0.15) is 23.0 Å². The second-order valence-corrected chi connectivity index (χ2v) is 8.56. The highest BCUT2D eigenvalue weighted by Crippen LogP contribution is 2.37. The second-order valence-electron chi connectivity index (χ2n) is 8.56. The molecule has 3 aromatic rings. The number of hydrogen-bond donors (Lipinski definition) is 2. The predicted molar refractivity (Wildman–Crippen MR) is 115 cm³/mol. The molecular formula is C23H22F3N3O3. The molecule has 168 valence electrons. The third-order valence-corrected chi connectivity index (χ3v) is 6.24. The van der Waals surface area contributed by atoms with Crippen molar-refractivity contribution in [3.63, 3.8) is 0 Å². The molecule has 1 aromatic heterocycles. The van der Waals surface area contributed by atoms with Crippen LogP contribution < -0.4 is 16.1 Å². The van der Waals surface area contributed by atoms with Gasteiger partial charge in [-0.3, -0.25) is 4.79 Å². The average Bonchev–Trinajstić information content (AvgIpc) is 3.13. The van der Waals surface area contributed by atoms with Crippen LogP contribution in [0.15, 0.2) is 35.3 Å². The summed E-state index contributed by atoms with van der Waals surface area (Å²) in [5.74, 6) is -3.94. The molecule has 1 aliphatic heterocycles. The van der Waals surface area contributed by atoms with E-state index in [0.717, 1.165) is 29.3 Å². The van der Waals surface area contributed by atoms with E-state index in [1.165, 1.54) is 13.0 Å². The topological polar surface area (TPSA) is 88.6 Å². The van der Waals surface area contributed by atoms with Gasteiger partial charge in [0.15, 0.2) is 0 Å². The van der Waals surface area contributed by atoms with E-state index in [1.54, 1.807) is 0 Å². The molecule has 0 aliphatic carbocycles. The van der Waals surface area contributed by atoms with Crippen molar-refractivity contribution in [2.24, 2.45) is 11.1 Å². The third-order valence-electron chi connectivity index (χ3n) is 6.24. The van der Waals surface area contributed by atoms with Crippen LogP contribution in [0.1, 0.15) is 29.3 Å². The van der Waals surface area contributed by atoms with E-state index in [4.69, 9.17) is 5.73 Å². The number of pyridine rings is 1. The Hall–Kier alpha value is -3.33. The lowest BCUT2D eigenvalue weighted by Crippen LogP contribution is -2.31. The lowest BCUT2D eigenvalue weighted by atomic mass is 9.90. The fourth-order valence-corrected chi connectivity index (χ4v) is 4.28. The Morgan fingerprint density at radius 2 is 1.94 bits per heavy atom. The lowest BCUT2D eigenvalue weighted by Gasteiger charge is -2.25. The number of fused-ring (bicyclic) bond motifs is 1. The molecule has 2 aromatic carbocycles. The van der Waals surface area contributed by atoms with Gasteiger partial charge >= 0.3 is 5.97 Å². The summed E-state index contributed by atoms with van der Waals surface area (Å²) in [6.07, 6.45) is 1.73. The van der Waals surface area contributed by atoms with Crippen molar-refractivity contribution in [1.29, 1.82) is 0 Å². The van der Waals surface area contributed by atoms with Gasteiger partial charge in [0.05, 0.1) is 22.3 Å². The zero-order chi connectivity index (χ0) is 23.4. The minimum atomic E-state index is -1.53. The fourth-order valence-electron chi connectivity index (χ4n) is 4.28. The van der Waals surface area contributed by atoms with Crippen LogP contribution in [0.5, 0.6) is 0 Å². The standard InChI is InChI=1S/C23H22F3N3O3/c1-12-19-17(8-18(20(12)26)28-6-5-23(2,10-27)11-28)29(9-14(21(19)30)22(31)32)16-4-3-13(24)7-15(16)25/h3-4,7-9H,5-6,10-11,27H2,1-2H3,(H,31,32). The summed E-state index contributed by atoms with van der Waals surface area (Å²) in [5.41, 5.74) is 4.28. The van der Waals surface area contributed by atoms with E-state index in [9.17, 15) is 23.5 Å². The lowest BCUT2D eigenvalue weighted by molar-refractivity contribution is 0.0695. The molecule has 1 atom stereocenters. The van der Waals surface area contributed by atoms with Gasteiger partial charge in [0.2, 0.25) is 5.43 Å². The Morgan fingerprint density at radius 3 is 2.53 bits per heavy atom. The van der Waals surface area contributed by atoms with Crippen molar-refractivity contribution >= 4 is 22.6 Å². The van der Waals surface area contributed by atoms with E-state index in [-0.39, 0.29) is 33.3 Å². The summed E-state index contributed by atoms with van der Waals surface area (Å²) in [4.78, 5) is 26.4. The van der Waals surface area contributed by atoms with Crippen molar-refractivity contribution < 1.29 is 23.1 Å². The predicted octanol–water partition coefficient (Wildman–Crippen LogP) is 3.59. The number of nitrogens with two attached hydrogens (primary N) is 1. The first kappa shape index (κ1) is 21.9. The molecule has 1 saturated heterocycles. The maximum atomic E-state index is 15.4. The Morgan fingerprint density at radius 1 is 1.22 bits per heavy atom. The van der Waals surface area contributed by atoms with E-state index in [2.05, 4.69) is 0 Å². The Bertz CT molecular complexity index is 1320. The largest absolute Gasteiger partial charge is 0.477 e. The van der Waals surface area contributed by atoms with Crippen LogP contribution in [0.3, 0.4) is 0 Å². The molecule has 3 N–H and O–H groups in total. The number of carboxylic acids is 1. The Kier molecular flexibility index (Phi) is 5.24. The van der Waals surface area contributed by atoms with Gasteiger partial charge in [0.25, 0.3) is 0 Å². The first-order valence-corrected chi connectivity index (χ1v) is 10.1. The summed E-state index contributed by atoms with van der Waals surface area (Å²) in [5, 5.41) is 9.33. The van der Waals surface area contributed by atoms with E-state index in [0.29, 0.717) is 25.7 Å². The average molecular weight is 445 g/mol. The highest BCUT2D eigenvalue weighted by atomic mass is 19.1. The Balaban J connectivity index is 2.06. The number of halogens is 3. The van der Waals surface area contributed by atoms with Crippen LogP contribution in [0.4, 0.5) is 18.9 Å². The SMILES string of the molecule is Cc1c(F)c(N2CCC(C)(CN)C2)cc2c1c(=O)c(C(=O)O)cn2-c1ccc(F)cc1F. The van der Waals surface area contributed by atoms with Crippen LogP contribution in [0, 0.1) is 29.8 Å². The van der Waals surface area contributed by atoms with Crippen LogP contribution in [-0.2, 0) is 0 Å². The second kappa shape index (κ2) is 7.67. The third kappa shape index (κ3) is 3.42. The molecule has 0 bridgehead atoms. The molecule has 0 amide bonds. The quantitative estimate of drug-likeness (QED) is 0.641. The first-order chi connectivity index (χ1) is 15.1. The maximum absolute atomic E-state index is 15.4. The molecule has 9 heteroatoms. The van der Waals surface area contributed by atoms with Crippen molar-refractivity contribution in [3.05, 3.63) is 69.3 Å². The molecule has 2 heterocycles. The summed E-state index contributed by atoms with van der Waals surface area (Å²) < 4.78 is 44.7. The minimum absolute atomic E-state index is 0.0387. The van der Waals surface area contributed by atoms with Crippen LogP contribution in [0.25, 0.3) is 16.6 Å². The molecule has 1 aliphatic rings. The monoisotopic (exact) mass is 445 g/mol. The molecule has 1 unspecified atom stereocenters. The van der Waals surface area contributed by atoms with Gasteiger partial charge in [0, 0.05) is 30.9 Å². The van der Waals surface area contributed by atoms with Crippen molar-refractivity contribution in [2.75, 3.05) is 24.5 Å². The molecular weight excluding hydrogens is 423 g/mol. The fraction of sp³-hybridized carbons (Fsp3) is 0.304. The highest BCUT2D eigenvalue weighted by molar-refractivity contribution is 5.95. The number of hydrogen-bond acceptors (Lipinski definition) is 4. The van der Waals surface area contributed by atoms with E-state index >= 15 is 4.39 Å². The molecule has 0 spiro atoms. The molecule has 6 nitrogen and oxygen atoms in total. The number of rotatable bonds is 4. The number of carboxylic acid groups (broad SMARTS) is 1. The highest BCUT2D eigenvalue weighted by Gasteiger charge is 2.34. The van der Waals surface area contributed by atoms with Gasteiger partial charge in [-0.1, -0.05) is 6.92 Å².